The number of rotatable bonds is 4. The fourth-order valence-corrected chi connectivity index (χ4v) is 4.43. The molecule has 0 saturated heterocycles. The second-order valence-electron chi connectivity index (χ2n) is 6.13. The number of hydrogen-bond acceptors (Lipinski definition) is 3. The fourth-order valence-electron chi connectivity index (χ4n) is 3.18. The molecule has 0 spiro atoms. The Bertz CT molecular complexity index is 661. The van der Waals surface area contributed by atoms with Gasteiger partial charge in [-0.15, -0.1) is 0 Å². The number of fused-ring (bicyclic) bond motifs is 1. The molecule has 1 aliphatic heterocycles. The molecule has 1 heterocycles. The number of sulfonamides is 1. The molecule has 106 valence electrons. The summed E-state index contributed by atoms with van der Waals surface area (Å²) < 4.78 is 26.6. The lowest BCUT2D eigenvalue weighted by Gasteiger charge is -2.12. The van der Waals surface area contributed by atoms with Crippen molar-refractivity contribution in [3.05, 3.63) is 29.8 Å². The highest BCUT2D eigenvalue weighted by atomic mass is 32.2. The van der Waals surface area contributed by atoms with Gasteiger partial charge in [0.05, 0.1) is 4.90 Å². The van der Waals surface area contributed by atoms with Crippen LogP contribution in [0.4, 0.5) is 0 Å². The SMILES string of the molecule is O=S1(=O)NC(=NCC(C2CC2)C2CC2)c2ccccc21. The van der Waals surface area contributed by atoms with Crippen LogP contribution in [0.15, 0.2) is 34.2 Å². The standard InChI is InChI=1S/C15H18N2O2S/c18-20(19)14-4-2-1-3-12(14)15(17-20)16-9-13(10-5-6-10)11-7-8-11/h1-4,10-11,13H,5-9H2,(H,16,17). The predicted octanol–water partition coefficient (Wildman–Crippen LogP) is 2.16. The summed E-state index contributed by atoms with van der Waals surface area (Å²) >= 11 is 0. The van der Waals surface area contributed by atoms with Crippen LogP contribution in [0.3, 0.4) is 0 Å². The number of nitrogens with one attached hydrogen (secondary N) is 1. The zero-order valence-corrected chi connectivity index (χ0v) is 12.1. The molecule has 3 aliphatic rings. The van der Waals surface area contributed by atoms with Gasteiger partial charge >= 0.3 is 0 Å². The Hall–Kier alpha value is -1.36. The first kappa shape index (κ1) is 12.4. The van der Waals surface area contributed by atoms with Crippen molar-refractivity contribution in [2.24, 2.45) is 22.7 Å². The Morgan fingerprint density at radius 3 is 2.45 bits per heavy atom. The predicted molar refractivity (Wildman–Crippen MR) is 77.1 cm³/mol. The fraction of sp³-hybridized carbons (Fsp3) is 0.533. The molecule has 1 aromatic rings. The normalized spacial score (nSPS) is 25.8. The molecule has 0 bridgehead atoms. The Balaban J connectivity index is 1.61. The first-order chi connectivity index (χ1) is 9.65. The second-order valence-corrected chi connectivity index (χ2v) is 7.78. The van der Waals surface area contributed by atoms with Gasteiger partial charge in [-0.1, -0.05) is 12.1 Å². The molecular formula is C15H18N2O2S. The summed E-state index contributed by atoms with van der Waals surface area (Å²) in [4.78, 5) is 4.96. The number of aliphatic imine (C=N–C) groups is 1. The van der Waals surface area contributed by atoms with Crippen LogP contribution in [0.5, 0.6) is 0 Å². The molecular weight excluding hydrogens is 272 g/mol. The third-order valence-electron chi connectivity index (χ3n) is 4.58. The van der Waals surface area contributed by atoms with E-state index in [0.29, 0.717) is 16.6 Å². The van der Waals surface area contributed by atoms with E-state index in [4.69, 9.17) is 0 Å². The van der Waals surface area contributed by atoms with Crippen molar-refractivity contribution in [3.8, 4) is 0 Å². The minimum absolute atomic E-state index is 0.355. The summed E-state index contributed by atoms with van der Waals surface area (Å²) in [5.74, 6) is 2.87. The van der Waals surface area contributed by atoms with E-state index >= 15 is 0 Å². The first-order valence-electron chi connectivity index (χ1n) is 7.32. The van der Waals surface area contributed by atoms with Gasteiger partial charge in [0.25, 0.3) is 10.0 Å². The van der Waals surface area contributed by atoms with Gasteiger partial charge in [-0.25, -0.2) is 8.42 Å². The lowest BCUT2D eigenvalue weighted by Crippen LogP contribution is -2.23. The summed E-state index contributed by atoms with van der Waals surface area (Å²) in [6.07, 6.45) is 5.31. The Morgan fingerprint density at radius 1 is 1.15 bits per heavy atom. The molecule has 2 saturated carbocycles. The zero-order valence-electron chi connectivity index (χ0n) is 11.2. The number of hydrogen-bond donors (Lipinski definition) is 1. The van der Waals surface area contributed by atoms with Gasteiger partial charge in [0, 0.05) is 12.1 Å². The van der Waals surface area contributed by atoms with E-state index in [2.05, 4.69) is 9.71 Å². The van der Waals surface area contributed by atoms with E-state index in [-0.39, 0.29) is 0 Å². The van der Waals surface area contributed by atoms with Gasteiger partial charge in [0.15, 0.2) is 0 Å². The number of nitrogens with zero attached hydrogens (tertiary/aromatic N) is 1. The van der Waals surface area contributed by atoms with Gasteiger partial charge < -0.3 is 0 Å². The monoisotopic (exact) mass is 290 g/mol. The molecule has 2 fully saturated rings. The van der Waals surface area contributed by atoms with E-state index in [1.54, 1.807) is 12.1 Å². The average Bonchev–Trinajstić information content (AvgIpc) is 3.31. The summed E-state index contributed by atoms with van der Waals surface area (Å²) in [6, 6.07) is 7.07. The largest absolute Gasteiger partial charge is 0.267 e. The van der Waals surface area contributed by atoms with Gasteiger partial charge in [0.1, 0.15) is 5.84 Å². The summed E-state index contributed by atoms with van der Waals surface area (Å²) in [6.45, 7) is 0.765. The molecule has 0 atom stereocenters. The molecule has 0 aromatic heterocycles. The summed E-state index contributed by atoms with van der Waals surface area (Å²) in [5, 5.41) is 0. The molecule has 2 aliphatic carbocycles. The second kappa shape index (κ2) is 4.32. The summed E-state index contributed by atoms with van der Waals surface area (Å²) in [7, 11) is -3.39. The lowest BCUT2D eigenvalue weighted by molar-refractivity contribution is 0.418. The number of amidine groups is 1. The molecule has 0 unspecified atom stereocenters. The van der Waals surface area contributed by atoms with Gasteiger partial charge in [0.2, 0.25) is 0 Å². The highest BCUT2D eigenvalue weighted by Crippen LogP contribution is 2.49. The smallest absolute Gasteiger partial charge is 0.263 e. The molecule has 4 rings (SSSR count). The topological polar surface area (TPSA) is 58.5 Å². The van der Waals surface area contributed by atoms with Gasteiger partial charge in [-0.2, -0.15) is 0 Å². The van der Waals surface area contributed by atoms with E-state index in [1.165, 1.54) is 25.7 Å². The van der Waals surface area contributed by atoms with Crippen molar-refractivity contribution in [3.63, 3.8) is 0 Å². The van der Waals surface area contributed by atoms with Crippen LogP contribution >= 0.6 is 0 Å². The van der Waals surface area contributed by atoms with Crippen molar-refractivity contribution in [2.45, 2.75) is 30.6 Å². The quantitative estimate of drug-likeness (QED) is 0.924. The highest BCUT2D eigenvalue weighted by Gasteiger charge is 2.41. The van der Waals surface area contributed by atoms with Crippen molar-refractivity contribution < 1.29 is 8.42 Å². The molecule has 5 heteroatoms. The summed E-state index contributed by atoms with van der Waals surface area (Å²) in [5.41, 5.74) is 0.720. The maximum Gasteiger partial charge on any atom is 0.263 e. The van der Waals surface area contributed by atoms with Crippen molar-refractivity contribution in [1.82, 2.24) is 4.72 Å². The van der Waals surface area contributed by atoms with Crippen LogP contribution in [0.1, 0.15) is 31.2 Å². The Labute approximate surface area is 119 Å². The third-order valence-corrected chi connectivity index (χ3v) is 5.98. The Kier molecular flexibility index (Phi) is 2.67. The van der Waals surface area contributed by atoms with E-state index in [1.807, 2.05) is 12.1 Å². The Morgan fingerprint density at radius 2 is 1.80 bits per heavy atom. The van der Waals surface area contributed by atoms with E-state index in [0.717, 1.165) is 23.9 Å². The lowest BCUT2D eigenvalue weighted by atomic mass is 9.98. The van der Waals surface area contributed by atoms with Crippen LogP contribution in [0.2, 0.25) is 0 Å². The van der Waals surface area contributed by atoms with Gasteiger partial charge in [-0.3, -0.25) is 9.71 Å². The maximum absolute atomic E-state index is 12.0. The molecule has 1 N–H and O–H groups in total. The molecule has 1 aromatic carbocycles. The van der Waals surface area contributed by atoms with Crippen LogP contribution < -0.4 is 4.72 Å². The number of benzene rings is 1. The minimum atomic E-state index is -3.39. The van der Waals surface area contributed by atoms with E-state index in [9.17, 15) is 8.42 Å². The van der Waals surface area contributed by atoms with Crippen molar-refractivity contribution in [1.29, 1.82) is 0 Å². The molecule has 4 nitrogen and oxygen atoms in total. The average molecular weight is 290 g/mol. The van der Waals surface area contributed by atoms with Gasteiger partial charge in [-0.05, 0) is 55.6 Å². The zero-order chi connectivity index (χ0) is 13.7. The van der Waals surface area contributed by atoms with Crippen LogP contribution in [0.25, 0.3) is 0 Å². The highest BCUT2D eigenvalue weighted by molar-refractivity contribution is 7.90. The van der Waals surface area contributed by atoms with Crippen LogP contribution in [-0.2, 0) is 10.0 Å². The van der Waals surface area contributed by atoms with Crippen molar-refractivity contribution >= 4 is 15.9 Å². The third kappa shape index (κ3) is 2.14. The van der Waals surface area contributed by atoms with E-state index < -0.39 is 10.0 Å². The minimum Gasteiger partial charge on any atom is -0.267 e. The molecule has 0 amide bonds. The van der Waals surface area contributed by atoms with Crippen LogP contribution in [-0.4, -0.2) is 20.8 Å². The first-order valence-corrected chi connectivity index (χ1v) is 8.80. The van der Waals surface area contributed by atoms with Crippen molar-refractivity contribution in [2.75, 3.05) is 6.54 Å². The molecule has 0 radical (unpaired) electrons. The maximum atomic E-state index is 12.0. The van der Waals surface area contributed by atoms with Crippen LogP contribution in [0, 0.1) is 17.8 Å². The molecule has 20 heavy (non-hydrogen) atoms.